The highest BCUT2D eigenvalue weighted by Gasteiger charge is 2.15. The molecule has 0 aromatic heterocycles. The summed E-state index contributed by atoms with van der Waals surface area (Å²) in [7, 11) is 2.77. The van der Waals surface area contributed by atoms with Gasteiger partial charge in [-0.1, -0.05) is 0 Å². The molecule has 1 rings (SSSR count). The van der Waals surface area contributed by atoms with Gasteiger partial charge in [-0.3, -0.25) is 0 Å². The lowest BCUT2D eigenvalue weighted by molar-refractivity contribution is 0.0599. The summed E-state index contributed by atoms with van der Waals surface area (Å²) in [4.78, 5) is 11.3. The van der Waals surface area contributed by atoms with Crippen LogP contribution in [0.3, 0.4) is 0 Å². The predicted molar refractivity (Wildman–Crippen MR) is 53.8 cm³/mol. The quantitative estimate of drug-likeness (QED) is 0.689. The number of methoxy groups -OCH3 is 2. The first-order chi connectivity index (χ1) is 7.15. The molecule has 1 aromatic rings. The van der Waals surface area contributed by atoms with Gasteiger partial charge >= 0.3 is 5.97 Å². The topological polar surface area (TPSA) is 59.3 Å². The lowest BCUT2D eigenvalue weighted by atomic mass is 10.0. The Bertz CT molecular complexity index is 432. The number of carbonyl (C=O) groups excluding carboxylic acids is 1. The summed E-state index contributed by atoms with van der Waals surface area (Å²) < 4.78 is 9.68. The van der Waals surface area contributed by atoms with Gasteiger partial charge in [-0.15, -0.1) is 0 Å². The summed E-state index contributed by atoms with van der Waals surface area (Å²) in [6, 6.07) is 5.09. The van der Waals surface area contributed by atoms with Crippen LogP contribution in [0.5, 0.6) is 5.75 Å². The van der Waals surface area contributed by atoms with Crippen LogP contribution in [0.4, 0.5) is 0 Å². The number of carbonyl (C=O) groups is 1. The van der Waals surface area contributed by atoms with E-state index in [2.05, 4.69) is 4.74 Å². The fourth-order valence-electron chi connectivity index (χ4n) is 1.37. The average molecular weight is 205 g/mol. The normalized spacial score (nSPS) is 9.20. The van der Waals surface area contributed by atoms with Crippen molar-refractivity contribution in [2.75, 3.05) is 14.2 Å². The molecule has 0 aliphatic rings. The zero-order valence-corrected chi connectivity index (χ0v) is 8.83. The van der Waals surface area contributed by atoms with Crippen molar-refractivity contribution in [2.24, 2.45) is 0 Å². The van der Waals surface area contributed by atoms with E-state index in [0.29, 0.717) is 22.4 Å². The zero-order valence-electron chi connectivity index (χ0n) is 8.83. The maximum absolute atomic E-state index is 11.3. The van der Waals surface area contributed by atoms with Crippen molar-refractivity contribution < 1.29 is 14.3 Å². The molecule has 0 saturated heterocycles. The summed E-state index contributed by atoms with van der Waals surface area (Å²) in [5.74, 6) is -0.0179. The van der Waals surface area contributed by atoms with Crippen molar-refractivity contribution in [3.63, 3.8) is 0 Å². The number of nitrogens with zero attached hydrogens (tertiary/aromatic N) is 1. The van der Waals surface area contributed by atoms with E-state index in [-0.39, 0.29) is 0 Å². The molecule has 0 amide bonds. The molecule has 0 atom stereocenters. The third kappa shape index (κ3) is 1.91. The number of nitriles is 1. The summed E-state index contributed by atoms with van der Waals surface area (Å²) in [5, 5.41) is 8.81. The first kappa shape index (κ1) is 11.1. The van der Waals surface area contributed by atoms with Crippen molar-refractivity contribution in [1.82, 2.24) is 0 Å². The Morgan fingerprint density at radius 2 is 2.07 bits per heavy atom. The fraction of sp³-hybridized carbons (Fsp3) is 0.273. The summed E-state index contributed by atoms with van der Waals surface area (Å²) in [6.45, 7) is 1.71. The molecule has 0 fully saturated rings. The van der Waals surface area contributed by atoms with Crippen molar-refractivity contribution in [3.8, 4) is 11.8 Å². The maximum atomic E-state index is 11.3. The van der Waals surface area contributed by atoms with Gasteiger partial charge in [0.05, 0.1) is 25.3 Å². The standard InChI is InChI=1S/C11H11NO3/c1-7-9(11(13)15-3)5-4-8(6-12)10(7)14-2/h4-5H,1-3H3. The molecular formula is C11H11NO3. The SMILES string of the molecule is COC(=O)c1ccc(C#N)c(OC)c1C. The van der Waals surface area contributed by atoms with Gasteiger partial charge in [-0.05, 0) is 19.1 Å². The molecule has 0 spiro atoms. The number of esters is 1. The minimum atomic E-state index is -0.435. The molecule has 0 radical (unpaired) electrons. The van der Waals surface area contributed by atoms with Crippen molar-refractivity contribution in [3.05, 3.63) is 28.8 Å². The smallest absolute Gasteiger partial charge is 0.338 e. The Hall–Kier alpha value is -2.02. The Labute approximate surface area is 88.0 Å². The van der Waals surface area contributed by atoms with Gasteiger partial charge in [0.2, 0.25) is 0 Å². The van der Waals surface area contributed by atoms with Gasteiger partial charge in [0, 0.05) is 5.56 Å². The van der Waals surface area contributed by atoms with Crippen LogP contribution < -0.4 is 4.74 Å². The average Bonchev–Trinajstić information content (AvgIpc) is 2.27. The molecule has 15 heavy (non-hydrogen) atoms. The molecule has 4 heteroatoms. The molecule has 0 aliphatic heterocycles. The molecule has 0 heterocycles. The van der Waals surface area contributed by atoms with Crippen LogP contribution >= 0.6 is 0 Å². The molecule has 0 N–H and O–H groups in total. The van der Waals surface area contributed by atoms with Crippen LogP contribution in [-0.2, 0) is 4.74 Å². The van der Waals surface area contributed by atoms with E-state index in [1.54, 1.807) is 13.0 Å². The largest absolute Gasteiger partial charge is 0.495 e. The highest BCUT2D eigenvalue weighted by molar-refractivity contribution is 5.92. The van der Waals surface area contributed by atoms with Crippen molar-refractivity contribution >= 4 is 5.97 Å². The van der Waals surface area contributed by atoms with Crippen LogP contribution in [0.25, 0.3) is 0 Å². The Kier molecular flexibility index (Phi) is 3.29. The summed E-state index contributed by atoms with van der Waals surface area (Å²) in [6.07, 6.45) is 0. The lowest BCUT2D eigenvalue weighted by Gasteiger charge is -2.10. The van der Waals surface area contributed by atoms with Crippen LogP contribution in [0.15, 0.2) is 12.1 Å². The van der Waals surface area contributed by atoms with Crippen LogP contribution in [0.1, 0.15) is 21.5 Å². The number of ether oxygens (including phenoxy) is 2. The van der Waals surface area contributed by atoms with Crippen molar-refractivity contribution in [2.45, 2.75) is 6.92 Å². The van der Waals surface area contributed by atoms with E-state index < -0.39 is 5.97 Å². The van der Waals surface area contributed by atoms with Gasteiger partial charge in [-0.2, -0.15) is 5.26 Å². The number of hydrogen-bond acceptors (Lipinski definition) is 4. The van der Waals surface area contributed by atoms with E-state index in [1.165, 1.54) is 20.3 Å². The monoisotopic (exact) mass is 205 g/mol. The fourth-order valence-corrected chi connectivity index (χ4v) is 1.37. The molecule has 0 bridgehead atoms. The number of rotatable bonds is 2. The molecule has 4 nitrogen and oxygen atoms in total. The molecule has 1 aromatic carbocycles. The second-order valence-corrected chi connectivity index (χ2v) is 2.92. The Balaban J connectivity index is 3.37. The van der Waals surface area contributed by atoms with E-state index in [9.17, 15) is 4.79 Å². The summed E-state index contributed by atoms with van der Waals surface area (Å²) in [5.41, 5.74) is 1.43. The molecular weight excluding hydrogens is 194 g/mol. The van der Waals surface area contributed by atoms with E-state index in [1.807, 2.05) is 6.07 Å². The van der Waals surface area contributed by atoms with Crippen molar-refractivity contribution in [1.29, 1.82) is 5.26 Å². The second kappa shape index (κ2) is 4.47. The zero-order chi connectivity index (χ0) is 11.4. The predicted octanol–water partition coefficient (Wildman–Crippen LogP) is 1.66. The highest BCUT2D eigenvalue weighted by Crippen LogP contribution is 2.26. The van der Waals surface area contributed by atoms with E-state index in [0.717, 1.165) is 0 Å². The van der Waals surface area contributed by atoms with E-state index >= 15 is 0 Å². The Morgan fingerprint density at radius 3 is 2.53 bits per heavy atom. The summed E-state index contributed by atoms with van der Waals surface area (Å²) >= 11 is 0. The third-order valence-corrected chi connectivity index (χ3v) is 2.14. The first-order valence-electron chi connectivity index (χ1n) is 4.31. The van der Waals surface area contributed by atoms with Gasteiger partial charge < -0.3 is 9.47 Å². The first-order valence-corrected chi connectivity index (χ1v) is 4.31. The van der Waals surface area contributed by atoms with Gasteiger partial charge in [-0.25, -0.2) is 4.79 Å². The van der Waals surface area contributed by atoms with Gasteiger partial charge in [0.15, 0.2) is 0 Å². The van der Waals surface area contributed by atoms with Gasteiger partial charge in [0.25, 0.3) is 0 Å². The number of hydrogen-bond donors (Lipinski definition) is 0. The van der Waals surface area contributed by atoms with Crippen LogP contribution in [0, 0.1) is 18.3 Å². The minimum absolute atomic E-state index is 0.405. The van der Waals surface area contributed by atoms with Crippen LogP contribution in [-0.4, -0.2) is 20.2 Å². The lowest BCUT2D eigenvalue weighted by Crippen LogP contribution is -2.05. The third-order valence-electron chi connectivity index (χ3n) is 2.14. The number of benzene rings is 1. The molecule has 0 aliphatic carbocycles. The van der Waals surface area contributed by atoms with E-state index in [4.69, 9.17) is 10.00 Å². The molecule has 0 unspecified atom stereocenters. The highest BCUT2D eigenvalue weighted by atomic mass is 16.5. The Morgan fingerprint density at radius 1 is 1.40 bits per heavy atom. The minimum Gasteiger partial charge on any atom is -0.495 e. The molecule has 78 valence electrons. The molecule has 0 saturated carbocycles. The van der Waals surface area contributed by atoms with Crippen LogP contribution in [0.2, 0.25) is 0 Å². The second-order valence-electron chi connectivity index (χ2n) is 2.92. The van der Waals surface area contributed by atoms with Gasteiger partial charge in [0.1, 0.15) is 11.8 Å². The maximum Gasteiger partial charge on any atom is 0.338 e.